The van der Waals surface area contributed by atoms with Crippen LogP contribution in [0, 0.1) is 12.8 Å². The van der Waals surface area contributed by atoms with E-state index in [2.05, 4.69) is 10.3 Å². The second-order valence-electron chi connectivity index (χ2n) is 5.96. The molecule has 2 fully saturated rings. The molecular formula is C16H21N3O2S. The van der Waals surface area contributed by atoms with Crippen molar-refractivity contribution in [3.63, 3.8) is 0 Å². The Labute approximate surface area is 134 Å². The molecule has 0 unspecified atom stereocenters. The van der Waals surface area contributed by atoms with Gasteiger partial charge in [0.15, 0.2) is 0 Å². The summed E-state index contributed by atoms with van der Waals surface area (Å²) in [6.45, 7) is 1.89. The van der Waals surface area contributed by atoms with Crippen LogP contribution in [0.1, 0.15) is 31.4 Å². The molecule has 1 saturated carbocycles. The lowest BCUT2D eigenvalue weighted by Gasteiger charge is -2.25. The number of hydrogen-bond donors (Lipinski definition) is 1. The highest BCUT2D eigenvalue weighted by molar-refractivity contribution is 7.99. The maximum Gasteiger partial charge on any atom is 0.249 e. The molecule has 118 valence electrons. The molecule has 1 N–H and O–H groups in total. The van der Waals surface area contributed by atoms with E-state index in [4.69, 9.17) is 0 Å². The van der Waals surface area contributed by atoms with Crippen LogP contribution >= 0.6 is 11.8 Å². The van der Waals surface area contributed by atoms with Gasteiger partial charge in [-0.1, -0.05) is 18.9 Å². The Balaban J connectivity index is 1.67. The smallest absolute Gasteiger partial charge is 0.249 e. The van der Waals surface area contributed by atoms with E-state index in [1.54, 1.807) is 22.7 Å². The van der Waals surface area contributed by atoms with E-state index in [1.165, 1.54) is 0 Å². The minimum atomic E-state index is -0.375. The normalized spacial score (nSPS) is 22.0. The Morgan fingerprint density at radius 3 is 2.82 bits per heavy atom. The molecule has 1 aliphatic carbocycles. The highest BCUT2D eigenvalue weighted by Crippen LogP contribution is 2.31. The molecule has 5 nitrogen and oxygen atoms in total. The van der Waals surface area contributed by atoms with Gasteiger partial charge in [-0.3, -0.25) is 9.59 Å². The first kappa shape index (κ1) is 15.3. The summed E-state index contributed by atoms with van der Waals surface area (Å²) in [5, 5.41) is 2.84. The molecule has 1 aliphatic heterocycles. The van der Waals surface area contributed by atoms with Gasteiger partial charge in [-0.2, -0.15) is 0 Å². The topological polar surface area (TPSA) is 62.3 Å². The average molecular weight is 319 g/mol. The van der Waals surface area contributed by atoms with Crippen molar-refractivity contribution in [2.24, 2.45) is 5.92 Å². The molecule has 1 saturated heterocycles. The Kier molecular flexibility index (Phi) is 4.66. The summed E-state index contributed by atoms with van der Waals surface area (Å²) < 4.78 is 0. The highest BCUT2D eigenvalue weighted by Gasteiger charge is 2.38. The van der Waals surface area contributed by atoms with Crippen molar-refractivity contribution in [2.45, 2.75) is 38.6 Å². The van der Waals surface area contributed by atoms with Crippen LogP contribution in [0.25, 0.3) is 0 Å². The van der Waals surface area contributed by atoms with Gasteiger partial charge in [-0.25, -0.2) is 4.98 Å². The minimum absolute atomic E-state index is 0.117. The number of rotatable bonds is 3. The molecule has 1 aromatic rings. The SMILES string of the molecule is Cc1cccc(NC(=O)[C@H]2CSCN2C(=O)C2CCCC2)n1. The molecule has 6 heteroatoms. The Bertz CT molecular complexity index is 572. The maximum absolute atomic E-state index is 12.6. The van der Waals surface area contributed by atoms with Crippen LogP contribution < -0.4 is 5.32 Å². The van der Waals surface area contributed by atoms with E-state index in [9.17, 15) is 9.59 Å². The summed E-state index contributed by atoms with van der Waals surface area (Å²) in [6.07, 6.45) is 4.18. The molecule has 2 aliphatic rings. The number of aryl methyl sites for hydroxylation is 1. The molecule has 0 radical (unpaired) electrons. The molecule has 22 heavy (non-hydrogen) atoms. The first-order chi connectivity index (χ1) is 10.6. The third-order valence-electron chi connectivity index (χ3n) is 4.31. The van der Waals surface area contributed by atoms with Gasteiger partial charge in [0.1, 0.15) is 11.9 Å². The van der Waals surface area contributed by atoms with Crippen LogP contribution in [0.3, 0.4) is 0 Å². The van der Waals surface area contributed by atoms with Crippen LogP contribution in [-0.2, 0) is 9.59 Å². The van der Waals surface area contributed by atoms with Crippen molar-refractivity contribution in [3.05, 3.63) is 23.9 Å². The summed E-state index contributed by atoms with van der Waals surface area (Å²) in [4.78, 5) is 31.1. The molecule has 0 spiro atoms. The number of nitrogens with zero attached hydrogens (tertiary/aromatic N) is 2. The van der Waals surface area contributed by atoms with Crippen molar-refractivity contribution < 1.29 is 9.59 Å². The van der Waals surface area contributed by atoms with E-state index < -0.39 is 0 Å². The van der Waals surface area contributed by atoms with Crippen molar-refractivity contribution >= 4 is 29.4 Å². The van der Waals surface area contributed by atoms with Crippen LogP contribution in [0.5, 0.6) is 0 Å². The lowest BCUT2D eigenvalue weighted by atomic mass is 10.1. The summed E-state index contributed by atoms with van der Waals surface area (Å²) in [5.41, 5.74) is 0.859. The summed E-state index contributed by atoms with van der Waals surface area (Å²) in [5.74, 6) is 1.97. The number of anilines is 1. The van der Waals surface area contributed by atoms with Gasteiger partial charge in [0.05, 0.1) is 5.88 Å². The fourth-order valence-electron chi connectivity index (χ4n) is 3.11. The fraction of sp³-hybridized carbons (Fsp3) is 0.562. The van der Waals surface area contributed by atoms with Crippen LogP contribution in [-0.4, -0.2) is 39.4 Å². The number of hydrogen-bond acceptors (Lipinski definition) is 4. The third-order valence-corrected chi connectivity index (χ3v) is 5.32. The number of nitrogens with one attached hydrogen (secondary N) is 1. The highest BCUT2D eigenvalue weighted by atomic mass is 32.2. The van der Waals surface area contributed by atoms with Crippen LogP contribution in [0.15, 0.2) is 18.2 Å². The molecule has 2 heterocycles. The van der Waals surface area contributed by atoms with E-state index in [0.29, 0.717) is 17.4 Å². The first-order valence-electron chi connectivity index (χ1n) is 7.78. The predicted molar refractivity (Wildman–Crippen MR) is 87.5 cm³/mol. The van der Waals surface area contributed by atoms with Crippen molar-refractivity contribution in [3.8, 4) is 0 Å². The monoisotopic (exact) mass is 319 g/mol. The summed E-state index contributed by atoms with van der Waals surface area (Å²) >= 11 is 1.64. The quantitative estimate of drug-likeness (QED) is 0.929. The van der Waals surface area contributed by atoms with E-state index >= 15 is 0 Å². The minimum Gasteiger partial charge on any atom is -0.320 e. The molecule has 0 aromatic carbocycles. The van der Waals surface area contributed by atoms with Gasteiger partial charge >= 0.3 is 0 Å². The third kappa shape index (κ3) is 3.27. The lowest BCUT2D eigenvalue weighted by molar-refractivity contribution is -0.139. The summed E-state index contributed by atoms with van der Waals surface area (Å²) in [7, 11) is 0. The van der Waals surface area contributed by atoms with Gasteiger partial charge in [-0.15, -0.1) is 11.8 Å². The van der Waals surface area contributed by atoms with Gasteiger partial charge in [0, 0.05) is 17.4 Å². The van der Waals surface area contributed by atoms with E-state index in [-0.39, 0.29) is 23.8 Å². The zero-order chi connectivity index (χ0) is 15.5. The van der Waals surface area contributed by atoms with Crippen molar-refractivity contribution in [1.82, 2.24) is 9.88 Å². The number of carbonyl (C=O) groups excluding carboxylic acids is 2. The van der Waals surface area contributed by atoms with E-state index in [0.717, 1.165) is 31.4 Å². The van der Waals surface area contributed by atoms with E-state index in [1.807, 2.05) is 19.1 Å². The largest absolute Gasteiger partial charge is 0.320 e. The Morgan fingerprint density at radius 2 is 2.09 bits per heavy atom. The molecule has 1 aromatic heterocycles. The van der Waals surface area contributed by atoms with Crippen LogP contribution in [0.2, 0.25) is 0 Å². The molecule has 3 rings (SSSR count). The predicted octanol–water partition coefficient (Wildman–Crippen LogP) is 2.42. The second-order valence-corrected chi connectivity index (χ2v) is 6.96. The maximum atomic E-state index is 12.6. The molecular weight excluding hydrogens is 298 g/mol. The number of carbonyl (C=O) groups is 2. The zero-order valence-electron chi connectivity index (χ0n) is 12.7. The zero-order valence-corrected chi connectivity index (χ0v) is 13.6. The summed E-state index contributed by atoms with van der Waals surface area (Å²) in [6, 6.07) is 5.15. The molecule has 2 amide bonds. The van der Waals surface area contributed by atoms with Gasteiger partial charge in [0.2, 0.25) is 11.8 Å². The van der Waals surface area contributed by atoms with Crippen molar-refractivity contribution in [1.29, 1.82) is 0 Å². The standard InChI is InChI=1S/C16H21N3O2S/c1-11-5-4-8-14(17-11)18-15(20)13-9-22-10-19(13)16(21)12-6-2-3-7-12/h4-5,8,12-13H,2-3,6-7,9-10H2,1H3,(H,17,18,20)/t13-/m1/s1. The number of thioether (sulfide) groups is 1. The Morgan fingerprint density at radius 1 is 1.32 bits per heavy atom. The van der Waals surface area contributed by atoms with Gasteiger partial charge < -0.3 is 10.2 Å². The number of amides is 2. The molecule has 0 bridgehead atoms. The van der Waals surface area contributed by atoms with Crippen LogP contribution in [0.4, 0.5) is 5.82 Å². The molecule has 1 atom stereocenters. The van der Waals surface area contributed by atoms with Gasteiger partial charge in [0.25, 0.3) is 0 Å². The second kappa shape index (κ2) is 6.69. The first-order valence-corrected chi connectivity index (χ1v) is 8.93. The Hall–Kier alpha value is -1.56. The van der Waals surface area contributed by atoms with Gasteiger partial charge in [-0.05, 0) is 31.9 Å². The van der Waals surface area contributed by atoms with Crippen molar-refractivity contribution in [2.75, 3.05) is 16.9 Å². The number of pyridine rings is 1. The fourth-order valence-corrected chi connectivity index (χ4v) is 4.27. The number of aromatic nitrogens is 1. The lowest BCUT2D eigenvalue weighted by Crippen LogP contribution is -2.46. The average Bonchev–Trinajstić information content (AvgIpc) is 3.18.